The standard InChI is InChI=1S/C20H16N4O2/c1-26-19-10-7-15(12-21-19)20(25)22-16-8-5-14(6-9-16)17-13-24-11-3-2-4-18(24)23-17/h2-13H,1H3,(H,22,25). The number of amides is 1. The Morgan fingerprint density at radius 3 is 2.62 bits per heavy atom. The monoisotopic (exact) mass is 344 g/mol. The number of nitrogens with zero attached hydrogens (tertiary/aromatic N) is 3. The van der Waals surface area contributed by atoms with Crippen molar-refractivity contribution in [2.45, 2.75) is 0 Å². The third kappa shape index (κ3) is 3.12. The summed E-state index contributed by atoms with van der Waals surface area (Å²) in [4.78, 5) is 20.9. The van der Waals surface area contributed by atoms with Gasteiger partial charge in [0.2, 0.25) is 5.88 Å². The maximum Gasteiger partial charge on any atom is 0.257 e. The van der Waals surface area contributed by atoms with Crippen molar-refractivity contribution in [2.75, 3.05) is 12.4 Å². The highest BCUT2D eigenvalue weighted by Gasteiger charge is 2.08. The van der Waals surface area contributed by atoms with Crippen LogP contribution in [0, 0.1) is 0 Å². The molecule has 0 fully saturated rings. The van der Waals surface area contributed by atoms with Crippen LogP contribution in [0.5, 0.6) is 5.88 Å². The van der Waals surface area contributed by atoms with E-state index in [1.807, 2.05) is 59.3 Å². The summed E-state index contributed by atoms with van der Waals surface area (Å²) in [5, 5.41) is 2.86. The molecule has 26 heavy (non-hydrogen) atoms. The number of fused-ring (bicyclic) bond motifs is 1. The summed E-state index contributed by atoms with van der Waals surface area (Å²) >= 11 is 0. The minimum absolute atomic E-state index is 0.222. The van der Waals surface area contributed by atoms with Gasteiger partial charge in [-0.3, -0.25) is 4.79 Å². The molecule has 1 aromatic carbocycles. The third-order valence-corrected chi connectivity index (χ3v) is 4.01. The van der Waals surface area contributed by atoms with E-state index in [2.05, 4.69) is 15.3 Å². The van der Waals surface area contributed by atoms with Crippen molar-refractivity contribution in [3.63, 3.8) is 0 Å². The van der Waals surface area contributed by atoms with E-state index in [1.54, 1.807) is 12.1 Å². The zero-order valence-corrected chi connectivity index (χ0v) is 14.1. The molecule has 0 unspecified atom stereocenters. The molecule has 4 aromatic rings. The topological polar surface area (TPSA) is 68.5 Å². The van der Waals surface area contributed by atoms with Gasteiger partial charge in [0.1, 0.15) is 5.65 Å². The van der Waals surface area contributed by atoms with Crippen LogP contribution in [0.4, 0.5) is 5.69 Å². The molecule has 0 aliphatic rings. The lowest BCUT2D eigenvalue weighted by Crippen LogP contribution is -2.12. The largest absolute Gasteiger partial charge is 0.481 e. The molecule has 0 aliphatic carbocycles. The Kier molecular flexibility index (Phi) is 4.07. The van der Waals surface area contributed by atoms with E-state index in [0.717, 1.165) is 16.9 Å². The molecule has 1 amide bonds. The summed E-state index contributed by atoms with van der Waals surface area (Å²) in [6.45, 7) is 0. The van der Waals surface area contributed by atoms with Crippen molar-refractivity contribution in [2.24, 2.45) is 0 Å². The number of carbonyl (C=O) groups is 1. The fourth-order valence-corrected chi connectivity index (χ4v) is 2.64. The lowest BCUT2D eigenvalue weighted by molar-refractivity contribution is 0.102. The molecule has 3 aromatic heterocycles. The number of ether oxygens (including phenoxy) is 1. The molecular formula is C20H16N4O2. The van der Waals surface area contributed by atoms with Crippen LogP contribution in [0.15, 0.2) is 73.2 Å². The van der Waals surface area contributed by atoms with Gasteiger partial charge >= 0.3 is 0 Å². The zero-order chi connectivity index (χ0) is 17.9. The van der Waals surface area contributed by atoms with Crippen molar-refractivity contribution in [1.29, 1.82) is 0 Å². The molecule has 128 valence electrons. The van der Waals surface area contributed by atoms with Gasteiger partial charge in [-0.2, -0.15) is 0 Å². The van der Waals surface area contributed by atoms with Gasteiger partial charge in [-0.1, -0.05) is 18.2 Å². The van der Waals surface area contributed by atoms with Crippen LogP contribution in [-0.2, 0) is 0 Å². The van der Waals surface area contributed by atoms with Crippen LogP contribution in [-0.4, -0.2) is 27.4 Å². The Labute approximate surface area is 150 Å². The van der Waals surface area contributed by atoms with Crippen LogP contribution in [0.1, 0.15) is 10.4 Å². The lowest BCUT2D eigenvalue weighted by Gasteiger charge is -2.06. The molecule has 6 heteroatoms. The van der Waals surface area contributed by atoms with Gasteiger partial charge in [0, 0.05) is 35.9 Å². The molecule has 1 N–H and O–H groups in total. The van der Waals surface area contributed by atoms with Gasteiger partial charge in [0.25, 0.3) is 5.91 Å². The molecular weight excluding hydrogens is 328 g/mol. The molecule has 0 atom stereocenters. The number of pyridine rings is 2. The van der Waals surface area contributed by atoms with E-state index in [-0.39, 0.29) is 5.91 Å². The lowest BCUT2D eigenvalue weighted by atomic mass is 10.1. The minimum atomic E-state index is -0.222. The number of methoxy groups -OCH3 is 1. The predicted octanol–water partition coefficient (Wildman–Crippen LogP) is 3.66. The maximum absolute atomic E-state index is 12.3. The highest BCUT2D eigenvalue weighted by Crippen LogP contribution is 2.21. The Morgan fingerprint density at radius 1 is 1.08 bits per heavy atom. The van der Waals surface area contributed by atoms with Crippen LogP contribution in [0.3, 0.4) is 0 Å². The summed E-state index contributed by atoms with van der Waals surface area (Å²) in [5.41, 5.74) is 3.94. The molecule has 0 spiro atoms. The van der Waals surface area contributed by atoms with Gasteiger partial charge in [0.05, 0.1) is 18.4 Å². The number of carbonyl (C=O) groups excluding carboxylic acids is 1. The van der Waals surface area contributed by atoms with Crippen molar-refractivity contribution in [3.05, 3.63) is 78.8 Å². The van der Waals surface area contributed by atoms with Crippen LogP contribution < -0.4 is 10.1 Å². The van der Waals surface area contributed by atoms with E-state index in [0.29, 0.717) is 17.1 Å². The smallest absolute Gasteiger partial charge is 0.257 e. The van der Waals surface area contributed by atoms with E-state index < -0.39 is 0 Å². The summed E-state index contributed by atoms with van der Waals surface area (Å²) in [7, 11) is 1.53. The number of anilines is 1. The molecule has 0 bridgehead atoms. The Morgan fingerprint density at radius 2 is 1.92 bits per heavy atom. The second kappa shape index (κ2) is 6.68. The number of aromatic nitrogens is 3. The van der Waals surface area contributed by atoms with Crippen molar-refractivity contribution >= 4 is 17.2 Å². The molecule has 0 saturated carbocycles. The second-order valence-electron chi connectivity index (χ2n) is 5.71. The Bertz CT molecular complexity index is 1020. The van der Waals surface area contributed by atoms with E-state index >= 15 is 0 Å². The third-order valence-electron chi connectivity index (χ3n) is 4.01. The van der Waals surface area contributed by atoms with E-state index in [4.69, 9.17) is 4.74 Å². The summed E-state index contributed by atoms with van der Waals surface area (Å²) in [6, 6.07) is 16.8. The first-order valence-electron chi connectivity index (χ1n) is 8.08. The SMILES string of the molecule is COc1ccc(C(=O)Nc2ccc(-c3cn4ccccc4n3)cc2)cn1. The van der Waals surface area contributed by atoms with Gasteiger partial charge in [-0.05, 0) is 30.3 Å². The van der Waals surface area contributed by atoms with Crippen molar-refractivity contribution < 1.29 is 9.53 Å². The molecule has 4 rings (SSSR count). The highest BCUT2D eigenvalue weighted by molar-refractivity contribution is 6.04. The first-order valence-corrected chi connectivity index (χ1v) is 8.08. The highest BCUT2D eigenvalue weighted by atomic mass is 16.5. The van der Waals surface area contributed by atoms with Crippen molar-refractivity contribution in [1.82, 2.24) is 14.4 Å². The fraction of sp³-hybridized carbons (Fsp3) is 0.0500. The van der Waals surface area contributed by atoms with Crippen molar-refractivity contribution in [3.8, 4) is 17.1 Å². The number of hydrogen-bond acceptors (Lipinski definition) is 4. The molecule has 0 aliphatic heterocycles. The average Bonchev–Trinajstić information content (AvgIpc) is 3.13. The number of imidazole rings is 1. The van der Waals surface area contributed by atoms with Gasteiger partial charge < -0.3 is 14.5 Å². The van der Waals surface area contributed by atoms with E-state index in [9.17, 15) is 4.79 Å². The maximum atomic E-state index is 12.3. The Hall–Kier alpha value is -3.67. The minimum Gasteiger partial charge on any atom is -0.481 e. The van der Waals surface area contributed by atoms with Crippen LogP contribution in [0.2, 0.25) is 0 Å². The first kappa shape index (κ1) is 15.8. The molecule has 0 saturated heterocycles. The first-order chi connectivity index (χ1) is 12.7. The number of rotatable bonds is 4. The second-order valence-corrected chi connectivity index (χ2v) is 5.71. The molecule has 0 radical (unpaired) electrons. The van der Waals surface area contributed by atoms with Gasteiger partial charge in [-0.15, -0.1) is 0 Å². The molecule has 3 heterocycles. The predicted molar refractivity (Wildman–Crippen MR) is 99.4 cm³/mol. The summed E-state index contributed by atoms with van der Waals surface area (Å²) in [5.74, 6) is 0.249. The summed E-state index contributed by atoms with van der Waals surface area (Å²) in [6.07, 6.45) is 5.43. The molecule has 6 nitrogen and oxygen atoms in total. The van der Waals surface area contributed by atoms with Gasteiger partial charge in [-0.25, -0.2) is 9.97 Å². The van der Waals surface area contributed by atoms with Crippen LogP contribution >= 0.6 is 0 Å². The number of hydrogen-bond donors (Lipinski definition) is 1. The van der Waals surface area contributed by atoms with Crippen LogP contribution in [0.25, 0.3) is 16.9 Å². The zero-order valence-electron chi connectivity index (χ0n) is 14.1. The average molecular weight is 344 g/mol. The normalized spacial score (nSPS) is 10.7. The summed E-state index contributed by atoms with van der Waals surface area (Å²) < 4.78 is 6.97. The quantitative estimate of drug-likeness (QED) is 0.613. The van der Waals surface area contributed by atoms with E-state index in [1.165, 1.54) is 13.3 Å². The number of benzene rings is 1. The van der Waals surface area contributed by atoms with Gasteiger partial charge in [0.15, 0.2) is 0 Å². The number of nitrogens with one attached hydrogen (secondary N) is 1. The Balaban J connectivity index is 1.50. The fourth-order valence-electron chi connectivity index (χ4n) is 2.64.